The van der Waals surface area contributed by atoms with Gasteiger partial charge >= 0.3 is 12.1 Å². The fraction of sp³-hybridized carbons (Fsp3) is 0.409. The van der Waals surface area contributed by atoms with Crippen molar-refractivity contribution in [2.45, 2.75) is 6.10 Å². The Balaban J connectivity index is 1.40. The highest BCUT2D eigenvalue weighted by atomic mass is 32.1. The molecule has 13 nitrogen and oxygen atoms in total. The van der Waals surface area contributed by atoms with E-state index in [-0.39, 0.29) is 67.6 Å². The van der Waals surface area contributed by atoms with Gasteiger partial charge in [-0.1, -0.05) is 0 Å². The molecule has 204 valence electrons. The van der Waals surface area contributed by atoms with Crippen LogP contribution in [0.4, 0.5) is 35.6 Å². The standard InChI is InChI=1S/C22H25F2N7O6S/c1-34-18-9-17(26-12-27-18)28-20(32)31-4-3-29(5-6-36-31)19-15(23)7-13(8-16(19)24)30-11-14(37-22(30)33)10-25-21(38)35-2/h7-9,12,14H,3-6,10-11H2,1-2H3,(H,25,38)(H,26,27,28,32)/t14-/m0/s1. The molecular weight excluding hydrogens is 528 g/mol. The van der Waals surface area contributed by atoms with Gasteiger partial charge in [0.2, 0.25) is 5.88 Å². The number of methoxy groups -OCH3 is 2. The SMILES string of the molecule is COC(=S)NC[C@H]1CN(c2cc(F)c(N3CCON(C(=O)Nc4cc(OC)ncn4)CC3)c(F)c2)C(=O)O1. The zero-order valence-electron chi connectivity index (χ0n) is 20.5. The Labute approximate surface area is 221 Å². The Morgan fingerprint density at radius 3 is 2.66 bits per heavy atom. The molecule has 1 aromatic carbocycles. The first-order valence-corrected chi connectivity index (χ1v) is 11.8. The number of cyclic esters (lactones) is 1. The molecule has 16 heteroatoms. The van der Waals surface area contributed by atoms with Gasteiger partial charge in [-0.2, -0.15) is 0 Å². The molecule has 2 aromatic rings. The third-order valence-electron chi connectivity index (χ3n) is 5.66. The molecule has 2 aliphatic heterocycles. The molecule has 38 heavy (non-hydrogen) atoms. The van der Waals surface area contributed by atoms with E-state index in [1.165, 1.54) is 31.5 Å². The molecule has 2 saturated heterocycles. The topological polar surface area (TPSA) is 131 Å². The Morgan fingerprint density at radius 1 is 1.18 bits per heavy atom. The summed E-state index contributed by atoms with van der Waals surface area (Å²) in [7, 11) is 2.83. The minimum Gasteiger partial charge on any atom is -0.481 e. The minimum absolute atomic E-state index is 0.00511. The zero-order chi connectivity index (χ0) is 27.2. The van der Waals surface area contributed by atoms with Crippen LogP contribution in [0.3, 0.4) is 0 Å². The molecule has 0 spiro atoms. The van der Waals surface area contributed by atoms with Crippen LogP contribution in [-0.4, -0.2) is 92.0 Å². The van der Waals surface area contributed by atoms with Crippen molar-refractivity contribution < 1.29 is 37.4 Å². The number of hydrogen-bond donors (Lipinski definition) is 2. The summed E-state index contributed by atoms with van der Waals surface area (Å²) in [6, 6.07) is 2.94. The Morgan fingerprint density at radius 2 is 1.95 bits per heavy atom. The van der Waals surface area contributed by atoms with Gasteiger partial charge in [0.1, 0.15) is 23.9 Å². The molecule has 0 aliphatic carbocycles. The number of anilines is 3. The van der Waals surface area contributed by atoms with E-state index >= 15 is 8.78 Å². The summed E-state index contributed by atoms with van der Waals surface area (Å²) >= 11 is 4.89. The maximum atomic E-state index is 15.2. The van der Waals surface area contributed by atoms with E-state index in [0.717, 1.165) is 22.1 Å². The second-order valence-electron chi connectivity index (χ2n) is 8.05. The molecule has 3 amide bonds. The minimum atomic E-state index is -0.874. The van der Waals surface area contributed by atoms with Crippen LogP contribution in [0.5, 0.6) is 5.88 Å². The summed E-state index contributed by atoms with van der Waals surface area (Å²) < 4.78 is 45.4. The van der Waals surface area contributed by atoms with Crippen molar-refractivity contribution in [1.82, 2.24) is 20.3 Å². The van der Waals surface area contributed by atoms with Gasteiger partial charge in [0, 0.05) is 31.3 Å². The lowest BCUT2D eigenvalue weighted by Gasteiger charge is -2.24. The Kier molecular flexibility index (Phi) is 8.52. The van der Waals surface area contributed by atoms with Gasteiger partial charge in [0.25, 0.3) is 5.17 Å². The predicted octanol–water partition coefficient (Wildman–Crippen LogP) is 1.90. The quantitative estimate of drug-likeness (QED) is 0.509. The van der Waals surface area contributed by atoms with E-state index in [2.05, 4.69) is 20.6 Å². The van der Waals surface area contributed by atoms with Gasteiger partial charge in [0.15, 0.2) is 11.6 Å². The summed E-state index contributed by atoms with van der Waals surface area (Å²) in [5.74, 6) is -1.29. The van der Waals surface area contributed by atoms with Crippen molar-refractivity contribution in [3.8, 4) is 5.88 Å². The first-order valence-electron chi connectivity index (χ1n) is 11.4. The highest BCUT2D eigenvalue weighted by Gasteiger charge is 2.34. The summed E-state index contributed by atoms with van der Waals surface area (Å²) in [6.45, 7) is 0.420. The van der Waals surface area contributed by atoms with Crippen LogP contribution in [0.15, 0.2) is 24.5 Å². The van der Waals surface area contributed by atoms with Gasteiger partial charge in [-0.05, 0) is 12.2 Å². The average molecular weight is 554 g/mol. The number of ether oxygens (including phenoxy) is 3. The molecule has 4 rings (SSSR count). The number of halogens is 2. The van der Waals surface area contributed by atoms with Crippen LogP contribution in [-0.2, 0) is 14.3 Å². The lowest BCUT2D eigenvalue weighted by Crippen LogP contribution is -2.37. The smallest absolute Gasteiger partial charge is 0.414 e. The molecule has 2 N–H and O–H groups in total. The lowest BCUT2D eigenvalue weighted by molar-refractivity contribution is -0.100. The van der Waals surface area contributed by atoms with Crippen LogP contribution in [0.2, 0.25) is 0 Å². The highest BCUT2D eigenvalue weighted by molar-refractivity contribution is 7.80. The number of hydrogen-bond acceptors (Lipinski definition) is 10. The number of amides is 3. The highest BCUT2D eigenvalue weighted by Crippen LogP contribution is 2.31. The average Bonchev–Trinajstić information content (AvgIpc) is 3.11. The lowest BCUT2D eigenvalue weighted by atomic mass is 10.2. The normalized spacial score (nSPS) is 17.5. The summed E-state index contributed by atoms with van der Waals surface area (Å²) in [4.78, 5) is 40.7. The predicted molar refractivity (Wildman–Crippen MR) is 134 cm³/mol. The van der Waals surface area contributed by atoms with Crippen LogP contribution in [0.25, 0.3) is 0 Å². The van der Waals surface area contributed by atoms with Crippen molar-refractivity contribution >= 4 is 46.7 Å². The molecule has 2 fully saturated rings. The van der Waals surface area contributed by atoms with Crippen molar-refractivity contribution in [3.63, 3.8) is 0 Å². The largest absolute Gasteiger partial charge is 0.481 e. The molecule has 0 unspecified atom stereocenters. The fourth-order valence-electron chi connectivity index (χ4n) is 3.84. The number of aromatic nitrogens is 2. The third-order valence-corrected chi connectivity index (χ3v) is 5.97. The maximum Gasteiger partial charge on any atom is 0.414 e. The summed E-state index contributed by atoms with van der Waals surface area (Å²) in [5, 5.41) is 6.50. The molecule has 2 aliphatic rings. The number of hydroxylamine groups is 2. The number of carbonyl (C=O) groups excluding carboxylic acids is 2. The molecular formula is C22H25F2N7O6S. The number of thiocarbonyl (C=S) groups is 1. The van der Waals surface area contributed by atoms with Gasteiger partial charge in [-0.15, -0.1) is 0 Å². The van der Waals surface area contributed by atoms with Gasteiger partial charge in [0.05, 0.1) is 46.1 Å². The maximum absolute atomic E-state index is 15.2. The fourth-order valence-corrected chi connectivity index (χ4v) is 3.93. The van der Waals surface area contributed by atoms with Crippen LogP contribution >= 0.6 is 12.2 Å². The van der Waals surface area contributed by atoms with Crippen molar-refractivity contribution in [3.05, 3.63) is 36.2 Å². The summed E-state index contributed by atoms with van der Waals surface area (Å²) in [5.41, 5.74) is -0.283. The monoisotopic (exact) mass is 553 g/mol. The molecule has 0 bridgehead atoms. The van der Waals surface area contributed by atoms with Crippen LogP contribution < -0.4 is 25.2 Å². The van der Waals surface area contributed by atoms with Crippen molar-refractivity contribution in [1.29, 1.82) is 0 Å². The number of nitrogens with one attached hydrogen (secondary N) is 2. The number of urea groups is 1. The van der Waals surface area contributed by atoms with Crippen molar-refractivity contribution in [2.75, 3.05) is 68.7 Å². The Hall–Kier alpha value is -4.05. The molecule has 1 aromatic heterocycles. The van der Waals surface area contributed by atoms with Gasteiger partial charge in [-0.25, -0.2) is 33.4 Å². The van der Waals surface area contributed by atoms with Gasteiger partial charge in [-0.3, -0.25) is 15.1 Å². The number of benzene rings is 1. The van der Waals surface area contributed by atoms with E-state index in [9.17, 15) is 9.59 Å². The first-order chi connectivity index (χ1) is 18.3. The van der Waals surface area contributed by atoms with Gasteiger partial charge < -0.3 is 24.4 Å². The number of carbonyl (C=O) groups is 2. The Bertz CT molecular complexity index is 1190. The molecule has 3 heterocycles. The summed E-state index contributed by atoms with van der Waals surface area (Å²) in [6.07, 6.45) is -0.104. The third kappa shape index (κ3) is 6.25. The molecule has 0 radical (unpaired) electrons. The molecule has 1 atom stereocenters. The second kappa shape index (κ2) is 12.0. The van der Waals surface area contributed by atoms with Crippen LogP contribution in [0, 0.1) is 11.6 Å². The second-order valence-corrected chi connectivity index (χ2v) is 8.42. The molecule has 0 saturated carbocycles. The zero-order valence-corrected chi connectivity index (χ0v) is 21.3. The van der Waals surface area contributed by atoms with Crippen LogP contribution in [0.1, 0.15) is 0 Å². The van der Waals surface area contributed by atoms with E-state index in [4.69, 9.17) is 31.3 Å². The van der Waals surface area contributed by atoms with E-state index in [1.54, 1.807) is 0 Å². The van der Waals surface area contributed by atoms with E-state index < -0.39 is 29.9 Å². The first kappa shape index (κ1) is 27.0. The van der Waals surface area contributed by atoms with E-state index in [0.29, 0.717) is 0 Å². The number of rotatable bonds is 6. The van der Waals surface area contributed by atoms with Crippen molar-refractivity contribution in [2.24, 2.45) is 0 Å². The van der Waals surface area contributed by atoms with E-state index in [1.807, 2.05) is 0 Å². The number of nitrogens with zero attached hydrogens (tertiary/aromatic N) is 5.